The average Bonchev–Trinajstić information content (AvgIpc) is 2.37. The Balaban J connectivity index is 1.98. The molecule has 17 heavy (non-hydrogen) atoms. The molecule has 0 radical (unpaired) electrons. The van der Waals surface area contributed by atoms with Crippen molar-refractivity contribution in [3.63, 3.8) is 0 Å². The Morgan fingerprint density at radius 2 is 1.88 bits per heavy atom. The summed E-state index contributed by atoms with van der Waals surface area (Å²) in [7, 11) is 0. The second-order valence-corrected chi connectivity index (χ2v) is 5.64. The van der Waals surface area contributed by atoms with Crippen LogP contribution in [-0.2, 0) is 0 Å². The maximum atomic E-state index is 10.2. The number of piperidine rings is 1. The van der Waals surface area contributed by atoms with Crippen molar-refractivity contribution in [3.8, 4) is 0 Å². The zero-order valence-electron chi connectivity index (χ0n) is 11.1. The molecule has 0 spiro atoms. The van der Waals surface area contributed by atoms with Crippen molar-refractivity contribution in [2.24, 2.45) is 5.92 Å². The summed E-state index contributed by atoms with van der Waals surface area (Å²) in [5.74, 6) is 0.536. The van der Waals surface area contributed by atoms with Crippen LogP contribution in [0.1, 0.15) is 51.9 Å². The van der Waals surface area contributed by atoms with E-state index in [-0.39, 0.29) is 6.10 Å². The molecule has 3 atom stereocenters. The minimum absolute atomic E-state index is 0.0417. The molecular formula is C15H27NO. The van der Waals surface area contributed by atoms with Crippen molar-refractivity contribution in [1.29, 1.82) is 0 Å². The zero-order chi connectivity index (χ0) is 12.1. The highest BCUT2D eigenvalue weighted by Gasteiger charge is 2.34. The van der Waals surface area contributed by atoms with Crippen molar-refractivity contribution in [3.05, 3.63) is 12.2 Å². The van der Waals surface area contributed by atoms with Gasteiger partial charge >= 0.3 is 0 Å². The third kappa shape index (κ3) is 3.32. The molecule has 1 aliphatic carbocycles. The van der Waals surface area contributed by atoms with Gasteiger partial charge in [-0.3, -0.25) is 4.90 Å². The van der Waals surface area contributed by atoms with E-state index in [0.717, 1.165) is 13.0 Å². The number of rotatable bonds is 3. The van der Waals surface area contributed by atoms with E-state index in [4.69, 9.17) is 0 Å². The second-order valence-electron chi connectivity index (χ2n) is 5.64. The molecule has 1 heterocycles. The Bertz CT molecular complexity index is 251. The fraction of sp³-hybridized carbons (Fsp3) is 0.867. The maximum absolute atomic E-state index is 10.2. The SMILES string of the molecule is C/C=C/CN1CCCCC1C1CCCCC1O. The van der Waals surface area contributed by atoms with Gasteiger partial charge in [-0.1, -0.05) is 31.4 Å². The smallest absolute Gasteiger partial charge is 0.0583 e. The van der Waals surface area contributed by atoms with Crippen molar-refractivity contribution in [2.75, 3.05) is 13.1 Å². The summed E-state index contributed by atoms with van der Waals surface area (Å²) in [6, 6.07) is 0.634. The summed E-state index contributed by atoms with van der Waals surface area (Å²) < 4.78 is 0. The van der Waals surface area contributed by atoms with E-state index in [2.05, 4.69) is 24.0 Å². The van der Waals surface area contributed by atoms with Gasteiger partial charge in [0.25, 0.3) is 0 Å². The van der Waals surface area contributed by atoms with Crippen LogP contribution < -0.4 is 0 Å². The minimum Gasteiger partial charge on any atom is -0.393 e. The van der Waals surface area contributed by atoms with Crippen molar-refractivity contribution in [2.45, 2.75) is 64.0 Å². The Labute approximate surface area is 106 Å². The van der Waals surface area contributed by atoms with Crippen molar-refractivity contribution < 1.29 is 5.11 Å². The van der Waals surface area contributed by atoms with Crippen LogP contribution >= 0.6 is 0 Å². The number of aliphatic hydroxyl groups is 1. The first kappa shape index (κ1) is 13.1. The first-order chi connectivity index (χ1) is 8.33. The summed E-state index contributed by atoms with van der Waals surface area (Å²) in [6.45, 7) is 4.39. The Kier molecular flexibility index (Phi) is 5.05. The van der Waals surface area contributed by atoms with Gasteiger partial charge in [0.15, 0.2) is 0 Å². The van der Waals surface area contributed by atoms with Gasteiger partial charge in [-0.15, -0.1) is 0 Å². The molecule has 2 fully saturated rings. The van der Waals surface area contributed by atoms with Gasteiger partial charge in [-0.05, 0) is 39.2 Å². The Morgan fingerprint density at radius 1 is 1.12 bits per heavy atom. The maximum Gasteiger partial charge on any atom is 0.0583 e. The van der Waals surface area contributed by atoms with Crippen LogP contribution in [0.3, 0.4) is 0 Å². The molecule has 0 aromatic rings. The summed E-state index contributed by atoms with van der Waals surface area (Å²) in [5, 5.41) is 10.2. The van der Waals surface area contributed by atoms with Crippen LogP contribution in [0, 0.1) is 5.92 Å². The lowest BCUT2D eigenvalue weighted by Gasteiger charge is -2.43. The highest BCUT2D eigenvalue weighted by molar-refractivity contribution is 4.92. The summed E-state index contributed by atoms with van der Waals surface area (Å²) in [6.07, 6.45) is 13.1. The third-order valence-electron chi connectivity index (χ3n) is 4.52. The van der Waals surface area contributed by atoms with Gasteiger partial charge in [0.1, 0.15) is 0 Å². The van der Waals surface area contributed by atoms with E-state index in [1.807, 2.05) is 0 Å². The number of aliphatic hydroxyl groups excluding tert-OH is 1. The highest BCUT2D eigenvalue weighted by Crippen LogP contribution is 2.33. The van der Waals surface area contributed by atoms with E-state index in [0.29, 0.717) is 12.0 Å². The van der Waals surface area contributed by atoms with Gasteiger partial charge < -0.3 is 5.11 Å². The molecule has 1 saturated carbocycles. The fourth-order valence-electron chi connectivity index (χ4n) is 3.56. The van der Waals surface area contributed by atoms with Crippen LogP contribution in [0.2, 0.25) is 0 Å². The molecule has 0 aromatic heterocycles. The lowest BCUT2D eigenvalue weighted by molar-refractivity contribution is -0.00140. The van der Waals surface area contributed by atoms with Gasteiger partial charge in [-0.2, -0.15) is 0 Å². The number of hydrogen-bond acceptors (Lipinski definition) is 2. The molecule has 0 bridgehead atoms. The Morgan fingerprint density at radius 3 is 2.65 bits per heavy atom. The standard InChI is InChI=1S/C15H27NO/c1-2-3-11-16-12-7-6-9-14(16)13-8-4-5-10-15(13)17/h2-3,13-15,17H,4-12H2,1H3/b3-2+. The van der Waals surface area contributed by atoms with Gasteiger partial charge in [0, 0.05) is 18.5 Å². The highest BCUT2D eigenvalue weighted by atomic mass is 16.3. The molecule has 1 saturated heterocycles. The lowest BCUT2D eigenvalue weighted by Crippen LogP contribution is -2.48. The fourth-order valence-corrected chi connectivity index (χ4v) is 3.56. The predicted octanol–water partition coefficient (Wildman–Crippen LogP) is 2.97. The quantitative estimate of drug-likeness (QED) is 0.763. The molecule has 0 amide bonds. The van der Waals surface area contributed by atoms with E-state index in [1.54, 1.807) is 0 Å². The summed E-state index contributed by atoms with van der Waals surface area (Å²) >= 11 is 0. The molecule has 2 heteroatoms. The molecule has 0 aromatic carbocycles. The number of hydrogen-bond donors (Lipinski definition) is 1. The average molecular weight is 237 g/mol. The first-order valence-corrected chi connectivity index (χ1v) is 7.36. The molecule has 3 unspecified atom stereocenters. The summed E-state index contributed by atoms with van der Waals surface area (Å²) in [4.78, 5) is 2.60. The van der Waals surface area contributed by atoms with Crippen LogP contribution in [0.4, 0.5) is 0 Å². The van der Waals surface area contributed by atoms with Gasteiger partial charge in [0.05, 0.1) is 6.10 Å². The number of allylic oxidation sites excluding steroid dienone is 1. The van der Waals surface area contributed by atoms with Crippen LogP contribution in [0.15, 0.2) is 12.2 Å². The second kappa shape index (κ2) is 6.55. The van der Waals surface area contributed by atoms with Crippen LogP contribution in [0.5, 0.6) is 0 Å². The van der Waals surface area contributed by atoms with Crippen LogP contribution in [-0.4, -0.2) is 35.2 Å². The zero-order valence-corrected chi connectivity index (χ0v) is 11.1. The molecule has 1 aliphatic heterocycles. The van der Waals surface area contributed by atoms with Crippen molar-refractivity contribution >= 4 is 0 Å². The van der Waals surface area contributed by atoms with Gasteiger partial charge in [0.2, 0.25) is 0 Å². The van der Waals surface area contributed by atoms with E-state index < -0.39 is 0 Å². The normalized spacial score (nSPS) is 36.5. The molecule has 2 nitrogen and oxygen atoms in total. The minimum atomic E-state index is -0.0417. The monoisotopic (exact) mass is 237 g/mol. The van der Waals surface area contributed by atoms with E-state index in [9.17, 15) is 5.11 Å². The largest absolute Gasteiger partial charge is 0.393 e. The Hall–Kier alpha value is -0.340. The molecule has 2 rings (SSSR count). The first-order valence-electron chi connectivity index (χ1n) is 7.36. The van der Waals surface area contributed by atoms with Crippen LogP contribution in [0.25, 0.3) is 0 Å². The molecular weight excluding hydrogens is 210 g/mol. The predicted molar refractivity (Wildman–Crippen MR) is 72.0 cm³/mol. The van der Waals surface area contributed by atoms with Crippen molar-refractivity contribution in [1.82, 2.24) is 4.90 Å². The molecule has 1 N–H and O–H groups in total. The topological polar surface area (TPSA) is 23.5 Å². The summed E-state index contributed by atoms with van der Waals surface area (Å²) in [5.41, 5.74) is 0. The van der Waals surface area contributed by atoms with E-state index >= 15 is 0 Å². The molecule has 98 valence electrons. The number of likely N-dealkylation sites (tertiary alicyclic amines) is 1. The third-order valence-corrected chi connectivity index (χ3v) is 4.52. The van der Waals surface area contributed by atoms with Gasteiger partial charge in [-0.25, -0.2) is 0 Å². The molecule has 2 aliphatic rings. The van der Waals surface area contributed by atoms with E-state index in [1.165, 1.54) is 45.1 Å². The number of nitrogens with zero attached hydrogens (tertiary/aromatic N) is 1. The lowest BCUT2D eigenvalue weighted by atomic mass is 9.78.